The number of hydrogen-bond acceptors (Lipinski definition) is 1. The van der Waals surface area contributed by atoms with E-state index in [-0.39, 0.29) is 0 Å². The molecule has 0 saturated carbocycles. The second-order valence-electron chi connectivity index (χ2n) is 3.06. The molecule has 0 amide bonds. The van der Waals surface area contributed by atoms with Gasteiger partial charge in [0, 0.05) is 11.6 Å². The van der Waals surface area contributed by atoms with Gasteiger partial charge in [0.1, 0.15) is 0 Å². The molecule has 0 aromatic heterocycles. The Morgan fingerprint density at radius 2 is 2.00 bits per heavy atom. The molecule has 1 heterocycles. The highest BCUT2D eigenvalue weighted by Crippen LogP contribution is 2.22. The van der Waals surface area contributed by atoms with Gasteiger partial charge in [-0.25, -0.2) is 0 Å². The zero-order valence-corrected chi connectivity index (χ0v) is 6.88. The molecular weight excluding hydrogens is 146 g/mol. The van der Waals surface area contributed by atoms with Gasteiger partial charge in [-0.3, -0.25) is 0 Å². The van der Waals surface area contributed by atoms with Crippen LogP contribution in [0.5, 0.6) is 0 Å². The lowest BCUT2D eigenvalue weighted by Gasteiger charge is -2.27. The van der Waals surface area contributed by atoms with Gasteiger partial charge in [0.25, 0.3) is 0 Å². The largest absolute Gasteiger partial charge is 0.310 e. The van der Waals surface area contributed by atoms with Gasteiger partial charge in [-0.05, 0) is 30.7 Å². The molecule has 1 heteroatoms. The first kappa shape index (κ1) is 7.39. The maximum Gasteiger partial charge on any atom is 0.0332 e. The molecule has 0 radical (unpaired) electrons. The highest BCUT2D eigenvalue weighted by molar-refractivity contribution is 5.35. The Bertz CT molecular complexity index is 301. The lowest BCUT2D eigenvalue weighted by atomic mass is 9.97. The molecule has 1 N–H and O–H groups in total. The number of benzene rings is 1. The monoisotopic (exact) mass is 157 g/mol. The van der Waals surface area contributed by atoms with Crippen molar-refractivity contribution in [3.8, 4) is 12.3 Å². The maximum atomic E-state index is 5.26. The van der Waals surface area contributed by atoms with Crippen LogP contribution >= 0.6 is 0 Å². The molecule has 12 heavy (non-hydrogen) atoms. The summed E-state index contributed by atoms with van der Waals surface area (Å²) in [6.07, 6.45) is 6.50. The smallest absolute Gasteiger partial charge is 0.0332 e. The van der Waals surface area contributed by atoms with Crippen LogP contribution in [0.1, 0.15) is 23.6 Å². The van der Waals surface area contributed by atoms with Crippen LogP contribution in [0.2, 0.25) is 0 Å². The van der Waals surface area contributed by atoms with Crippen molar-refractivity contribution < 1.29 is 0 Å². The Labute approximate surface area is 72.8 Å². The fourth-order valence-electron chi connectivity index (χ4n) is 1.38. The first-order valence-corrected chi connectivity index (χ1v) is 4.20. The molecule has 1 fully saturated rings. The van der Waals surface area contributed by atoms with E-state index in [2.05, 4.69) is 23.4 Å². The van der Waals surface area contributed by atoms with E-state index in [1.165, 1.54) is 12.0 Å². The zero-order valence-electron chi connectivity index (χ0n) is 6.88. The summed E-state index contributed by atoms with van der Waals surface area (Å²) in [5, 5.41) is 3.35. The number of terminal acetylenes is 1. The van der Waals surface area contributed by atoms with Gasteiger partial charge in [-0.15, -0.1) is 6.42 Å². The molecule has 0 aliphatic carbocycles. The van der Waals surface area contributed by atoms with Crippen LogP contribution in [0.15, 0.2) is 24.3 Å². The van der Waals surface area contributed by atoms with Gasteiger partial charge >= 0.3 is 0 Å². The first-order chi connectivity index (χ1) is 5.90. The van der Waals surface area contributed by atoms with Gasteiger partial charge in [0.15, 0.2) is 0 Å². The molecule has 0 spiro atoms. The van der Waals surface area contributed by atoms with Crippen molar-refractivity contribution >= 4 is 0 Å². The van der Waals surface area contributed by atoms with E-state index in [1.807, 2.05) is 12.1 Å². The lowest BCUT2D eigenvalue weighted by molar-refractivity contribution is 0.383. The minimum Gasteiger partial charge on any atom is -0.310 e. The molecular formula is C11H11N. The molecule has 60 valence electrons. The van der Waals surface area contributed by atoms with Crippen LogP contribution in [0.25, 0.3) is 0 Å². The first-order valence-electron chi connectivity index (χ1n) is 4.20. The van der Waals surface area contributed by atoms with Crippen LogP contribution in [0.4, 0.5) is 0 Å². The van der Waals surface area contributed by atoms with E-state index >= 15 is 0 Å². The minimum atomic E-state index is 0.567. The summed E-state index contributed by atoms with van der Waals surface area (Å²) < 4.78 is 0. The maximum absolute atomic E-state index is 5.26. The predicted octanol–water partition coefficient (Wildman–Crippen LogP) is 1.70. The predicted molar refractivity (Wildman–Crippen MR) is 49.7 cm³/mol. The SMILES string of the molecule is C#Cc1ccc(C2CCN2)cc1. The van der Waals surface area contributed by atoms with Crippen LogP contribution in [-0.4, -0.2) is 6.54 Å². The summed E-state index contributed by atoms with van der Waals surface area (Å²) in [7, 11) is 0. The van der Waals surface area contributed by atoms with Crippen molar-refractivity contribution in [1.82, 2.24) is 5.32 Å². The van der Waals surface area contributed by atoms with Gasteiger partial charge < -0.3 is 5.32 Å². The van der Waals surface area contributed by atoms with Crippen molar-refractivity contribution in [2.24, 2.45) is 0 Å². The van der Waals surface area contributed by atoms with Crippen molar-refractivity contribution in [1.29, 1.82) is 0 Å². The van der Waals surface area contributed by atoms with Crippen LogP contribution in [0.3, 0.4) is 0 Å². The Balaban J connectivity index is 2.19. The summed E-state index contributed by atoms with van der Waals surface area (Å²) in [4.78, 5) is 0. The highest BCUT2D eigenvalue weighted by Gasteiger charge is 2.17. The van der Waals surface area contributed by atoms with Gasteiger partial charge in [-0.1, -0.05) is 18.1 Å². The van der Waals surface area contributed by atoms with Crippen LogP contribution in [-0.2, 0) is 0 Å². The Kier molecular flexibility index (Phi) is 1.85. The van der Waals surface area contributed by atoms with Gasteiger partial charge in [0.2, 0.25) is 0 Å². The second kappa shape index (κ2) is 3.00. The third kappa shape index (κ3) is 1.22. The number of rotatable bonds is 1. The Morgan fingerprint density at radius 3 is 2.42 bits per heavy atom. The third-order valence-corrected chi connectivity index (χ3v) is 2.30. The fraction of sp³-hybridized carbons (Fsp3) is 0.273. The van der Waals surface area contributed by atoms with E-state index < -0.39 is 0 Å². The van der Waals surface area contributed by atoms with E-state index in [4.69, 9.17) is 6.42 Å². The van der Waals surface area contributed by atoms with E-state index in [0.29, 0.717) is 6.04 Å². The summed E-state index contributed by atoms with van der Waals surface area (Å²) in [5.41, 5.74) is 2.30. The van der Waals surface area contributed by atoms with Crippen molar-refractivity contribution in [3.05, 3.63) is 35.4 Å². The number of hydrogen-bond donors (Lipinski definition) is 1. The van der Waals surface area contributed by atoms with Crippen LogP contribution in [0, 0.1) is 12.3 Å². The molecule has 0 bridgehead atoms. The van der Waals surface area contributed by atoms with Crippen molar-refractivity contribution in [2.45, 2.75) is 12.5 Å². The fourth-order valence-corrected chi connectivity index (χ4v) is 1.38. The van der Waals surface area contributed by atoms with Crippen molar-refractivity contribution in [2.75, 3.05) is 6.54 Å². The molecule has 1 nitrogen and oxygen atoms in total. The standard InChI is InChI=1S/C11H11N/c1-2-9-3-5-10(6-4-9)11-7-8-12-11/h1,3-6,11-12H,7-8H2. The van der Waals surface area contributed by atoms with Gasteiger partial charge in [-0.2, -0.15) is 0 Å². The van der Waals surface area contributed by atoms with E-state index in [9.17, 15) is 0 Å². The Hall–Kier alpha value is -1.26. The molecule has 1 unspecified atom stereocenters. The molecule has 1 aromatic rings. The lowest BCUT2D eigenvalue weighted by Crippen LogP contribution is -2.34. The summed E-state index contributed by atoms with van der Waals surface area (Å²) >= 11 is 0. The Morgan fingerprint density at radius 1 is 1.33 bits per heavy atom. The van der Waals surface area contributed by atoms with Crippen LogP contribution < -0.4 is 5.32 Å². The van der Waals surface area contributed by atoms with Gasteiger partial charge in [0.05, 0.1) is 0 Å². The molecule has 1 aromatic carbocycles. The average Bonchev–Trinajstić information content (AvgIpc) is 2.03. The molecule has 1 aliphatic heterocycles. The summed E-state index contributed by atoms with van der Waals surface area (Å²) in [6.45, 7) is 1.14. The third-order valence-electron chi connectivity index (χ3n) is 2.30. The minimum absolute atomic E-state index is 0.567. The summed E-state index contributed by atoms with van der Waals surface area (Å²) in [5.74, 6) is 2.61. The highest BCUT2D eigenvalue weighted by atomic mass is 15.0. The molecule has 1 atom stereocenters. The van der Waals surface area contributed by atoms with E-state index in [0.717, 1.165) is 12.1 Å². The average molecular weight is 157 g/mol. The van der Waals surface area contributed by atoms with Crippen molar-refractivity contribution in [3.63, 3.8) is 0 Å². The second-order valence-corrected chi connectivity index (χ2v) is 3.06. The van der Waals surface area contributed by atoms with E-state index in [1.54, 1.807) is 0 Å². The number of nitrogens with one attached hydrogen (secondary N) is 1. The zero-order chi connectivity index (χ0) is 8.39. The molecule has 2 rings (SSSR count). The molecule has 1 aliphatic rings. The summed E-state index contributed by atoms with van der Waals surface area (Å²) in [6, 6.07) is 8.76. The topological polar surface area (TPSA) is 12.0 Å². The quantitative estimate of drug-likeness (QED) is 0.612. The molecule has 1 saturated heterocycles. The normalized spacial score (nSPS) is 21.1.